The molecule has 25 heavy (non-hydrogen) atoms. The van der Waals surface area contributed by atoms with Gasteiger partial charge in [-0.2, -0.15) is 0 Å². The maximum atomic E-state index is 12.6. The molecule has 130 valence electrons. The topological polar surface area (TPSA) is 65.1 Å². The number of Topliss-reactive ketones (excluding diaryl/α,β-unsaturated/α-hetero) is 1. The molecule has 6 heteroatoms. The number of rotatable bonds is 5. The molecule has 0 radical (unpaired) electrons. The van der Waals surface area contributed by atoms with E-state index in [2.05, 4.69) is 0 Å². The van der Waals surface area contributed by atoms with Crippen molar-refractivity contribution >= 4 is 17.4 Å². The average molecular weight is 341 g/mol. The maximum Gasteiger partial charge on any atom is 0.264 e. The fourth-order valence-corrected chi connectivity index (χ4v) is 2.78. The van der Waals surface area contributed by atoms with Crippen LogP contribution in [0.2, 0.25) is 0 Å². The molecular weight excluding hydrogens is 322 g/mol. The van der Waals surface area contributed by atoms with Gasteiger partial charge in [0.25, 0.3) is 5.91 Å². The van der Waals surface area contributed by atoms with E-state index in [1.807, 2.05) is 12.1 Å². The molecule has 2 aromatic rings. The lowest BCUT2D eigenvalue weighted by molar-refractivity contribution is -0.120. The largest absolute Gasteiger partial charge is 0.497 e. The Morgan fingerprint density at radius 3 is 2.56 bits per heavy atom. The second-order valence-electron chi connectivity index (χ2n) is 5.54. The van der Waals surface area contributed by atoms with Gasteiger partial charge in [0.05, 0.1) is 19.9 Å². The lowest BCUT2D eigenvalue weighted by atomic mass is 10.00. The molecule has 0 atom stereocenters. The summed E-state index contributed by atoms with van der Waals surface area (Å²) in [4.78, 5) is 26.3. The zero-order valence-corrected chi connectivity index (χ0v) is 14.2. The molecule has 0 saturated carbocycles. The average Bonchev–Trinajstić information content (AvgIpc) is 2.66. The number of amides is 1. The molecule has 3 rings (SSSR count). The molecule has 1 aliphatic heterocycles. The van der Waals surface area contributed by atoms with Gasteiger partial charge in [0, 0.05) is 24.6 Å². The number of para-hydroxylation sites is 2. The van der Waals surface area contributed by atoms with Crippen LogP contribution in [0.15, 0.2) is 42.5 Å². The Labute approximate surface area is 145 Å². The van der Waals surface area contributed by atoms with Crippen molar-refractivity contribution in [2.24, 2.45) is 0 Å². The molecule has 0 spiro atoms. The zero-order chi connectivity index (χ0) is 17.8. The number of ketones is 1. The van der Waals surface area contributed by atoms with Crippen LogP contribution in [0, 0.1) is 0 Å². The van der Waals surface area contributed by atoms with Gasteiger partial charge in [-0.05, 0) is 24.3 Å². The van der Waals surface area contributed by atoms with Crippen LogP contribution in [0.25, 0.3) is 0 Å². The van der Waals surface area contributed by atoms with Crippen molar-refractivity contribution in [3.8, 4) is 17.2 Å². The zero-order valence-electron chi connectivity index (χ0n) is 14.2. The molecule has 0 aliphatic carbocycles. The number of hydrogen-bond donors (Lipinski definition) is 0. The van der Waals surface area contributed by atoms with Gasteiger partial charge in [0.1, 0.15) is 5.75 Å². The fraction of sp³-hybridized carbons (Fsp3) is 0.263. The van der Waals surface area contributed by atoms with E-state index in [4.69, 9.17) is 14.2 Å². The van der Waals surface area contributed by atoms with Crippen molar-refractivity contribution in [2.75, 3.05) is 32.3 Å². The highest BCUT2D eigenvalue weighted by Crippen LogP contribution is 2.31. The number of fused-ring (bicyclic) bond motifs is 1. The van der Waals surface area contributed by atoms with Gasteiger partial charge in [-0.3, -0.25) is 9.59 Å². The Morgan fingerprint density at radius 1 is 1.08 bits per heavy atom. The Kier molecular flexibility index (Phi) is 4.88. The van der Waals surface area contributed by atoms with Crippen LogP contribution in [-0.4, -0.2) is 39.1 Å². The first-order valence-corrected chi connectivity index (χ1v) is 7.91. The van der Waals surface area contributed by atoms with E-state index >= 15 is 0 Å². The number of ether oxygens (including phenoxy) is 3. The molecule has 0 N–H and O–H groups in total. The molecule has 0 unspecified atom stereocenters. The number of hydrogen-bond acceptors (Lipinski definition) is 5. The smallest absolute Gasteiger partial charge is 0.264 e. The van der Waals surface area contributed by atoms with Crippen LogP contribution in [-0.2, 0) is 4.79 Å². The summed E-state index contributed by atoms with van der Waals surface area (Å²) in [6, 6.07) is 12.2. The van der Waals surface area contributed by atoms with Gasteiger partial charge < -0.3 is 19.1 Å². The molecule has 1 heterocycles. The first-order valence-electron chi connectivity index (χ1n) is 7.91. The minimum atomic E-state index is -0.229. The van der Waals surface area contributed by atoms with E-state index in [0.717, 1.165) is 0 Å². The highest BCUT2D eigenvalue weighted by atomic mass is 16.5. The molecule has 1 amide bonds. The monoisotopic (exact) mass is 341 g/mol. The highest BCUT2D eigenvalue weighted by molar-refractivity contribution is 6.09. The van der Waals surface area contributed by atoms with E-state index < -0.39 is 0 Å². The molecule has 0 fully saturated rings. The van der Waals surface area contributed by atoms with Gasteiger partial charge >= 0.3 is 0 Å². The summed E-state index contributed by atoms with van der Waals surface area (Å²) < 4.78 is 16.0. The molecule has 0 aromatic heterocycles. The minimum absolute atomic E-state index is 0.0207. The predicted molar refractivity (Wildman–Crippen MR) is 92.8 cm³/mol. The van der Waals surface area contributed by atoms with E-state index in [1.54, 1.807) is 49.5 Å². The predicted octanol–water partition coefficient (Wildman–Crippen LogP) is 2.70. The van der Waals surface area contributed by atoms with Crippen molar-refractivity contribution < 1.29 is 23.8 Å². The van der Waals surface area contributed by atoms with E-state index in [1.165, 1.54) is 0 Å². The van der Waals surface area contributed by atoms with E-state index in [-0.39, 0.29) is 18.3 Å². The van der Waals surface area contributed by atoms with E-state index in [9.17, 15) is 9.59 Å². The third-order valence-electron chi connectivity index (χ3n) is 4.08. The number of carbonyl (C=O) groups is 2. The fourth-order valence-electron chi connectivity index (χ4n) is 2.78. The SMILES string of the molecule is COc1ccc2c(c1)N(C(=O)COc1ccccc1OC)CCC2=O. The van der Waals surface area contributed by atoms with Crippen molar-refractivity contribution in [1.29, 1.82) is 0 Å². The van der Waals surface area contributed by atoms with Gasteiger partial charge in [-0.1, -0.05) is 12.1 Å². The molecule has 2 aromatic carbocycles. The summed E-state index contributed by atoms with van der Waals surface area (Å²) in [6.45, 7) is 0.179. The molecular formula is C19H19NO5. The van der Waals surface area contributed by atoms with Gasteiger partial charge in [0.2, 0.25) is 0 Å². The summed E-state index contributed by atoms with van der Waals surface area (Å²) in [6.07, 6.45) is 0.291. The number of nitrogens with zero attached hydrogens (tertiary/aromatic N) is 1. The highest BCUT2D eigenvalue weighted by Gasteiger charge is 2.28. The quantitative estimate of drug-likeness (QED) is 0.837. The normalized spacial score (nSPS) is 13.2. The van der Waals surface area contributed by atoms with E-state index in [0.29, 0.717) is 41.5 Å². The van der Waals surface area contributed by atoms with Crippen LogP contribution < -0.4 is 19.1 Å². The third-order valence-corrected chi connectivity index (χ3v) is 4.08. The Hall–Kier alpha value is -3.02. The summed E-state index contributed by atoms with van der Waals surface area (Å²) in [5, 5.41) is 0. The standard InChI is InChI=1S/C19H19NO5/c1-23-13-7-8-14-15(11-13)20(10-9-16(14)21)19(22)12-25-18-6-4-3-5-17(18)24-2/h3-8,11H,9-10,12H2,1-2H3. The van der Waals surface area contributed by atoms with Crippen molar-refractivity contribution in [3.05, 3.63) is 48.0 Å². The van der Waals surface area contributed by atoms with Crippen LogP contribution >= 0.6 is 0 Å². The minimum Gasteiger partial charge on any atom is -0.497 e. The maximum absolute atomic E-state index is 12.6. The van der Waals surface area contributed by atoms with Crippen LogP contribution in [0.5, 0.6) is 17.2 Å². The van der Waals surface area contributed by atoms with Crippen LogP contribution in [0.1, 0.15) is 16.8 Å². The lowest BCUT2D eigenvalue weighted by Crippen LogP contribution is -2.40. The van der Waals surface area contributed by atoms with Gasteiger partial charge in [-0.25, -0.2) is 0 Å². The Bertz CT molecular complexity index is 802. The third kappa shape index (κ3) is 3.42. The first kappa shape index (κ1) is 16.8. The molecule has 1 aliphatic rings. The van der Waals surface area contributed by atoms with Crippen LogP contribution in [0.3, 0.4) is 0 Å². The van der Waals surface area contributed by atoms with Crippen molar-refractivity contribution in [2.45, 2.75) is 6.42 Å². The Morgan fingerprint density at radius 2 is 1.84 bits per heavy atom. The summed E-state index contributed by atoms with van der Waals surface area (Å²) in [5.74, 6) is 1.45. The number of methoxy groups -OCH3 is 2. The van der Waals surface area contributed by atoms with Gasteiger partial charge in [-0.15, -0.1) is 0 Å². The number of anilines is 1. The van der Waals surface area contributed by atoms with Crippen molar-refractivity contribution in [3.63, 3.8) is 0 Å². The number of carbonyl (C=O) groups excluding carboxylic acids is 2. The molecule has 0 saturated heterocycles. The second kappa shape index (κ2) is 7.25. The summed E-state index contributed by atoms with van der Waals surface area (Å²) >= 11 is 0. The molecule has 0 bridgehead atoms. The number of benzene rings is 2. The molecule has 6 nitrogen and oxygen atoms in total. The van der Waals surface area contributed by atoms with Crippen LogP contribution in [0.4, 0.5) is 5.69 Å². The van der Waals surface area contributed by atoms with Gasteiger partial charge in [0.15, 0.2) is 23.9 Å². The Balaban J connectivity index is 1.79. The first-order chi connectivity index (χ1) is 12.1. The second-order valence-corrected chi connectivity index (χ2v) is 5.54. The summed E-state index contributed by atoms with van der Waals surface area (Å²) in [7, 11) is 3.09. The lowest BCUT2D eigenvalue weighted by Gasteiger charge is -2.29. The van der Waals surface area contributed by atoms with Crippen molar-refractivity contribution in [1.82, 2.24) is 0 Å². The summed E-state index contributed by atoms with van der Waals surface area (Å²) in [5.41, 5.74) is 1.09.